The van der Waals surface area contributed by atoms with Crippen molar-refractivity contribution in [3.05, 3.63) is 36.0 Å². The summed E-state index contributed by atoms with van der Waals surface area (Å²) in [7, 11) is 0. The molecule has 0 spiro atoms. The SMILES string of the molecule is NC(=O)[C@H]1CC[C@@H](n2c(Nc3c(F)cccc3F)nc3cnc(N[C@@H]4CCOC[C@H]4F)nc32)CC1. The Morgan fingerprint density at radius 2 is 1.86 bits per heavy atom. The van der Waals surface area contributed by atoms with Gasteiger partial charge in [-0.2, -0.15) is 4.98 Å². The van der Waals surface area contributed by atoms with Crippen LogP contribution in [0.25, 0.3) is 11.2 Å². The summed E-state index contributed by atoms with van der Waals surface area (Å²) in [5, 5.41) is 5.82. The van der Waals surface area contributed by atoms with Gasteiger partial charge in [0.25, 0.3) is 0 Å². The molecule has 2 fully saturated rings. The summed E-state index contributed by atoms with van der Waals surface area (Å²) in [5.74, 6) is -1.65. The third-order valence-electron chi connectivity index (χ3n) is 6.70. The maximum Gasteiger partial charge on any atom is 0.225 e. The maximum absolute atomic E-state index is 14.4. The van der Waals surface area contributed by atoms with Crippen LogP contribution in [-0.2, 0) is 9.53 Å². The molecule has 0 unspecified atom stereocenters. The topological polar surface area (TPSA) is 120 Å². The van der Waals surface area contributed by atoms with Gasteiger partial charge in [0, 0.05) is 18.6 Å². The van der Waals surface area contributed by atoms with Gasteiger partial charge in [-0.15, -0.1) is 0 Å². The standard InChI is InChI=1S/C23H26F3N7O2/c24-14-2-1-3-15(25)19(14)31-23-30-18-10-28-22(29-17-8-9-35-11-16(17)26)32-21(18)33(23)13-6-4-12(5-7-13)20(27)34/h1-3,10,12-13,16-17H,4-9,11H2,(H2,27,34)(H,30,31)(H,28,29,32)/t12-,13+,16-,17-/m1/s1. The summed E-state index contributed by atoms with van der Waals surface area (Å²) in [6.07, 6.45) is 3.13. The number of carbonyl (C=O) groups excluding carboxylic acids is 1. The Balaban J connectivity index is 1.52. The van der Waals surface area contributed by atoms with E-state index in [2.05, 4.69) is 25.6 Å². The molecule has 12 heteroatoms. The van der Waals surface area contributed by atoms with Crippen LogP contribution in [0.3, 0.4) is 0 Å². The summed E-state index contributed by atoms with van der Waals surface area (Å²) in [4.78, 5) is 25.0. The average Bonchev–Trinajstić information content (AvgIpc) is 3.20. The first kappa shape index (κ1) is 23.3. The molecule has 2 aliphatic rings. The lowest BCUT2D eigenvalue weighted by atomic mass is 9.85. The molecule has 2 atom stereocenters. The first-order valence-corrected chi connectivity index (χ1v) is 11.6. The van der Waals surface area contributed by atoms with Crippen molar-refractivity contribution < 1.29 is 22.7 Å². The van der Waals surface area contributed by atoms with Crippen LogP contribution < -0.4 is 16.4 Å². The predicted molar refractivity (Wildman–Crippen MR) is 123 cm³/mol. The molecule has 9 nitrogen and oxygen atoms in total. The molecule has 1 aliphatic heterocycles. The van der Waals surface area contributed by atoms with Gasteiger partial charge in [0.15, 0.2) is 5.65 Å². The van der Waals surface area contributed by atoms with Crippen molar-refractivity contribution in [1.29, 1.82) is 0 Å². The van der Waals surface area contributed by atoms with E-state index in [-0.39, 0.29) is 42.1 Å². The molecule has 3 aromatic rings. The van der Waals surface area contributed by atoms with Crippen molar-refractivity contribution >= 4 is 34.7 Å². The number of nitrogens with two attached hydrogens (primary N) is 1. The second-order valence-corrected chi connectivity index (χ2v) is 8.97. The summed E-state index contributed by atoms with van der Waals surface area (Å²) < 4.78 is 50.0. The molecule has 5 rings (SSSR count). The van der Waals surface area contributed by atoms with E-state index in [1.165, 1.54) is 12.3 Å². The zero-order chi connectivity index (χ0) is 24.5. The highest BCUT2D eigenvalue weighted by Gasteiger charge is 2.30. The summed E-state index contributed by atoms with van der Waals surface area (Å²) in [6.45, 7) is 0.437. The second-order valence-electron chi connectivity index (χ2n) is 8.97. The number of aromatic nitrogens is 4. The molecule has 35 heavy (non-hydrogen) atoms. The lowest BCUT2D eigenvalue weighted by Crippen LogP contribution is -2.39. The van der Waals surface area contributed by atoms with Crippen LogP contribution in [0.1, 0.15) is 38.1 Å². The smallest absolute Gasteiger partial charge is 0.225 e. The quantitative estimate of drug-likeness (QED) is 0.484. The van der Waals surface area contributed by atoms with Crippen molar-refractivity contribution in [2.75, 3.05) is 23.8 Å². The number of para-hydroxylation sites is 1. The summed E-state index contributed by atoms with van der Waals surface area (Å²) in [5.41, 5.74) is 6.00. The fraction of sp³-hybridized carbons (Fsp3) is 0.478. The Morgan fingerprint density at radius 1 is 1.11 bits per heavy atom. The number of fused-ring (bicyclic) bond motifs is 1. The van der Waals surface area contributed by atoms with Gasteiger partial charge in [-0.05, 0) is 44.2 Å². The van der Waals surface area contributed by atoms with Gasteiger partial charge in [0.05, 0.1) is 18.8 Å². The lowest BCUT2D eigenvalue weighted by molar-refractivity contribution is -0.122. The molecule has 2 aromatic heterocycles. The molecule has 1 aromatic carbocycles. The molecule has 0 bridgehead atoms. The van der Waals surface area contributed by atoms with E-state index in [4.69, 9.17) is 10.5 Å². The molecule has 1 amide bonds. The van der Waals surface area contributed by atoms with Crippen LogP contribution >= 0.6 is 0 Å². The van der Waals surface area contributed by atoms with Gasteiger partial charge in [-0.1, -0.05) is 6.07 Å². The number of amides is 1. The highest BCUT2D eigenvalue weighted by Crippen LogP contribution is 2.37. The first-order chi connectivity index (χ1) is 16.9. The number of primary amides is 1. The van der Waals surface area contributed by atoms with E-state index in [9.17, 15) is 18.0 Å². The predicted octanol–water partition coefficient (Wildman–Crippen LogP) is 3.60. The van der Waals surface area contributed by atoms with Crippen LogP contribution in [0, 0.1) is 17.6 Å². The van der Waals surface area contributed by atoms with Crippen molar-refractivity contribution in [2.45, 2.75) is 50.4 Å². The van der Waals surface area contributed by atoms with Gasteiger partial charge in [-0.3, -0.25) is 9.36 Å². The number of halogens is 3. The minimum atomic E-state index is -1.20. The molecular formula is C23H26F3N7O2. The van der Waals surface area contributed by atoms with Crippen LogP contribution in [0.4, 0.5) is 30.8 Å². The minimum absolute atomic E-state index is 0.00319. The van der Waals surface area contributed by atoms with Crippen LogP contribution in [0.15, 0.2) is 24.4 Å². The number of hydrogen-bond donors (Lipinski definition) is 3. The molecule has 1 saturated heterocycles. The number of alkyl halides is 1. The van der Waals surface area contributed by atoms with Gasteiger partial charge < -0.3 is 21.1 Å². The number of carbonyl (C=O) groups is 1. The Hall–Kier alpha value is -3.41. The molecular weight excluding hydrogens is 463 g/mol. The maximum atomic E-state index is 14.4. The number of ether oxygens (including phenoxy) is 1. The minimum Gasteiger partial charge on any atom is -0.378 e. The van der Waals surface area contributed by atoms with Crippen molar-refractivity contribution in [3.63, 3.8) is 0 Å². The molecule has 3 heterocycles. The van der Waals surface area contributed by atoms with E-state index in [1.54, 1.807) is 4.57 Å². The Labute approximate surface area is 199 Å². The van der Waals surface area contributed by atoms with Crippen LogP contribution in [-0.4, -0.2) is 50.9 Å². The first-order valence-electron chi connectivity index (χ1n) is 11.6. The van der Waals surface area contributed by atoms with Gasteiger partial charge in [0.2, 0.25) is 17.8 Å². The molecule has 1 saturated carbocycles. The average molecular weight is 490 g/mol. The zero-order valence-corrected chi connectivity index (χ0v) is 18.9. The number of nitrogens with one attached hydrogen (secondary N) is 2. The summed E-state index contributed by atoms with van der Waals surface area (Å²) in [6, 6.07) is 2.95. The fourth-order valence-electron chi connectivity index (χ4n) is 4.77. The Morgan fingerprint density at radius 3 is 2.54 bits per heavy atom. The van der Waals surface area contributed by atoms with E-state index >= 15 is 0 Å². The zero-order valence-electron chi connectivity index (χ0n) is 18.9. The van der Waals surface area contributed by atoms with Gasteiger partial charge >= 0.3 is 0 Å². The molecule has 0 radical (unpaired) electrons. The number of rotatable bonds is 6. The lowest BCUT2D eigenvalue weighted by Gasteiger charge is -2.29. The van der Waals surface area contributed by atoms with Gasteiger partial charge in [0.1, 0.15) is 29.0 Å². The van der Waals surface area contributed by atoms with E-state index in [0.717, 1.165) is 12.1 Å². The van der Waals surface area contributed by atoms with Gasteiger partial charge in [-0.25, -0.2) is 23.1 Å². The van der Waals surface area contributed by atoms with Crippen LogP contribution in [0.5, 0.6) is 0 Å². The normalized spacial score (nSPS) is 24.9. The largest absolute Gasteiger partial charge is 0.378 e. The highest BCUT2D eigenvalue weighted by molar-refractivity contribution is 5.78. The van der Waals surface area contributed by atoms with E-state index < -0.39 is 23.8 Å². The highest BCUT2D eigenvalue weighted by atomic mass is 19.1. The molecule has 1 aliphatic carbocycles. The molecule has 186 valence electrons. The van der Waals surface area contributed by atoms with Crippen molar-refractivity contribution in [3.8, 4) is 0 Å². The fourth-order valence-corrected chi connectivity index (χ4v) is 4.77. The third kappa shape index (κ3) is 4.75. The number of benzene rings is 1. The second kappa shape index (κ2) is 9.68. The van der Waals surface area contributed by atoms with Crippen LogP contribution in [0.2, 0.25) is 0 Å². The Bertz CT molecular complexity index is 1210. The summed E-state index contributed by atoms with van der Waals surface area (Å²) >= 11 is 0. The van der Waals surface area contributed by atoms with E-state index in [1.807, 2.05) is 0 Å². The number of nitrogens with zero attached hydrogens (tertiary/aromatic N) is 4. The third-order valence-corrected chi connectivity index (χ3v) is 6.70. The molecule has 4 N–H and O–H groups in total. The monoisotopic (exact) mass is 489 g/mol. The number of imidazole rings is 1. The Kier molecular flexibility index (Phi) is 6.46. The number of hydrogen-bond acceptors (Lipinski definition) is 7. The van der Waals surface area contributed by atoms with Crippen molar-refractivity contribution in [2.24, 2.45) is 11.7 Å². The van der Waals surface area contributed by atoms with E-state index in [0.29, 0.717) is 49.9 Å². The van der Waals surface area contributed by atoms with Crippen molar-refractivity contribution in [1.82, 2.24) is 19.5 Å². The number of anilines is 3.